The second kappa shape index (κ2) is 5.16. The first kappa shape index (κ1) is 12.0. The molecule has 1 rings (SSSR count). The lowest BCUT2D eigenvalue weighted by atomic mass is 10.2. The second-order valence-electron chi connectivity index (χ2n) is 3.38. The Balaban J connectivity index is 2.71. The van der Waals surface area contributed by atoms with Gasteiger partial charge < -0.3 is 15.8 Å². The first-order valence-electron chi connectivity index (χ1n) is 4.75. The third kappa shape index (κ3) is 3.27. The number of benzene rings is 1. The minimum Gasteiger partial charge on any atom is -0.495 e. The van der Waals surface area contributed by atoms with Crippen LogP contribution in [0.4, 0.5) is 11.4 Å². The van der Waals surface area contributed by atoms with Crippen molar-refractivity contribution in [3.63, 3.8) is 0 Å². The number of carbonyl (C=O) groups is 2. The highest BCUT2D eigenvalue weighted by Crippen LogP contribution is 2.24. The number of ketones is 1. The van der Waals surface area contributed by atoms with E-state index in [-0.39, 0.29) is 18.1 Å². The van der Waals surface area contributed by atoms with E-state index in [0.29, 0.717) is 17.1 Å². The minimum absolute atomic E-state index is 0.133. The lowest BCUT2D eigenvalue weighted by Crippen LogP contribution is -2.14. The van der Waals surface area contributed by atoms with E-state index in [0.717, 1.165) is 0 Å². The van der Waals surface area contributed by atoms with Gasteiger partial charge in [-0.05, 0) is 25.1 Å². The molecule has 0 radical (unpaired) electrons. The molecule has 1 aromatic carbocycles. The van der Waals surface area contributed by atoms with E-state index in [1.54, 1.807) is 18.2 Å². The predicted molar refractivity (Wildman–Crippen MR) is 61.3 cm³/mol. The Morgan fingerprint density at radius 2 is 2.12 bits per heavy atom. The summed E-state index contributed by atoms with van der Waals surface area (Å²) in [4.78, 5) is 22.0. The topological polar surface area (TPSA) is 81.4 Å². The van der Waals surface area contributed by atoms with E-state index < -0.39 is 0 Å². The zero-order valence-corrected chi connectivity index (χ0v) is 9.24. The van der Waals surface area contributed by atoms with Crippen LogP contribution in [0.25, 0.3) is 0 Å². The Morgan fingerprint density at radius 1 is 1.44 bits per heavy atom. The van der Waals surface area contributed by atoms with E-state index in [1.165, 1.54) is 14.0 Å². The molecule has 1 amide bonds. The number of hydrogen-bond donors (Lipinski definition) is 2. The monoisotopic (exact) mass is 222 g/mol. The summed E-state index contributed by atoms with van der Waals surface area (Å²) in [6, 6.07) is 4.89. The van der Waals surface area contributed by atoms with E-state index in [4.69, 9.17) is 10.5 Å². The minimum atomic E-state index is -0.350. The average Bonchev–Trinajstić information content (AvgIpc) is 2.16. The lowest BCUT2D eigenvalue weighted by molar-refractivity contribution is -0.124. The van der Waals surface area contributed by atoms with E-state index in [2.05, 4.69) is 5.32 Å². The Morgan fingerprint density at radius 3 is 2.62 bits per heavy atom. The van der Waals surface area contributed by atoms with Gasteiger partial charge in [0.1, 0.15) is 11.5 Å². The van der Waals surface area contributed by atoms with Crippen molar-refractivity contribution in [2.75, 3.05) is 18.2 Å². The number of nitrogens with one attached hydrogen (secondary N) is 1. The summed E-state index contributed by atoms with van der Waals surface area (Å²) < 4.78 is 4.98. The normalized spacial score (nSPS) is 9.62. The van der Waals surface area contributed by atoms with Gasteiger partial charge in [0.05, 0.1) is 19.2 Å². The van der Waals surface area contributed by atoms with Crippen LogP contribution in [0.2, 0.25) is 0 Å². The fourth-order valence-corrected chi connectivity index (χ4v) is 1.24. The highest BCUT2D eigenvalue weighted by molar-refractivity contribution is 6.03. The summed E-state index contributed by atoms with van der Waals surface area (Å²) >= 11 is 0. The fraction of sp³-hybridized carbons (Fsp3) is 0.273. The number of anilines is 2. The van der Waals surface area contributed by atoms with Gasteiger partial charge in [-0.1, -0.05) is 0 Å². The molecule has 0 bridgehead atoms. The van der Waals surface area contributed by atoms with Crippen molar-refractivity contribution < 1.29 is 14.3 Å². The molecule has 0 saturated heterocycles. The van der Waals surface area contributed by atoms with Gasteiger partial charge in [0.15, 0.2) is 0 Å². The molecule has 86 valence electrons. The van der Waals surface area contributed by atoms with Crippen molar-refractivity contribution in [3.05, 3.63) is 18.2 Å². The Labute approximate surface area is 93.6 Å². The molecule has 5 nitrogen and oxygen atoms in total. The Bertz CT molecular complexity index is 416. The fourth-order valence-electron chi connectivity index (χ4n) is 1.24. The third-order valence-electron chi connectivity index (χ3n) is 1.92. The number of amides is 1. The number of nitrogen functional groups attached to an aromatic ring is 1. The molecule has 0 atom stereocenters. The maximum atomic E-state index is 11.3. The summed E-state index contributed by atoms with van der Waals surface area (Å²) in [5, 5.41) is 2.57. The highest BCUT2D eigenvalue weighted by Gasteiger charge is 2.06. The van der Waals surface area contributed by atoms with Crippen LogP contribution in [0, 0.1) is 0 Å². The zero-order valence-electron chi connectivity index (χ0n) is 9.24. The van der Waals surface area contributed by atoms with Crippen LogP contribution in [-0.4, -0.2) is 18.8 Å². The molecule has 0 spiro atoms. The molecule has 0 fully saturated rings. The van der Waals surface area contributed by atoms with Gasteiger partial charge in [0.25, 0.3) is 0 Å². The van der Waals surface area contributed by atoms with E-state index in [9.17, 15) is 9.59 Å². The van der Waals surface area contributed by atoms with Crippen molar-refractivity contribution in [2.24, 2.45) is 0 Å². The summed E-state index contributed by atoms with van der Waals surface area (Å²) in [6.07, 6.45) is -0.133. The van der Waals surface area contributed by atoms with Gasteiger partial charge in [-0.3, -0.25) is 9.59 Å². The molecule has 0 heterocycles. The molecular weight excluding hydrogens is 208 g/mol. The molecule has 0 saturated carbocycles. The van der Waals surface area contributed by atoms with E-state index in [1.807, 2.05) is 0 Å². The summed E-state index contributed by atoms with van der Waals surface area (Å²) in [7, 11) is 1.51. The molecule has 1 aromatic rings. The largest absolute Gasteiger partial charge is 0.495 e. The van der Waals surface area contributed by atoms with Crippen LogP contribution in [0.15, 0.2) is 18.2 Å². The number of carbonyl (C=O) groups excluding carboxylic acids is 2. The molecule has 0 aliphatic rings. The maximum absolute atomic E-state index is 11.3. The molecule has 0 unspecified atom stereocenters. The Hall–Kier alpha value is -2.04. The van der Waals surface area contributed by atoms with Crippen molar-refractivity contribution in [1.82, 2.24) is 0 Å². The van der Waals surface area contributed by atoms with Crippen LogP contribution in [-0.2, 0) is 9.59 Å². The van der Waals surface area contributed by atoms with Gasteiger partial charge in [0.2, 0.25) is 5.91 Å². The zero-order chi connectivity index (χ0) is 12.1. The van der Waals surface area contributed by atoms with Crippen LogP contribution < -0.4 is 15.8 Å². The van der Waals surface area contributed by atoms with Gasteiger partial charge >= 0.3 is 0 Å². The van der Waals surface area contributed by atoms with Gasteiger partial charge in [0, 0.05) is 5.69 Å². The van der Waals surface area contributed by atoms with Crippen LogP contribution in [0.5, 0.6) is 5.75 Å². The smallest absolute Gasteiger partial charge is 0.231 e. The molecule has 16 heavy (non-hydrogen) atoms. The molecule has 0 aromatic heterocycles. The molecule has 0 aliphatic heterocycles. The lowest BCUT2D eigenvalue weighted by Gasteiger charge is -2.08. The highest BCUT2D eigenvalue weighted by atomic mass is 16.5. The van der Waals surface area contributed by atoms with Gasteiger partial charge in [-0.2, -0.15) is 0 Å². The SMILES string of the molecule is COc1ccc(NC(=O)CC(C)=O)cc1N. The quantitative estimate of drug-likeness (QED) is 0.592. The Kier molecular flexibility index (Phi) is 3.88. The summed E-state index contributed by atoms with van der Waals surface area (Å²) in [6.45, 7) is 1.36. The van der Waals surface area contributed by atoms with Crippen molar-refractivity contribution in [3.8, 4) is 5.75 Å². The van der Waals surface area contributed by atoms with Gasteiger partial charge in [-0.15, -0.1) is 0 Å². The van der Waals surface area contributed by atoms with Crippen molar-refractivity contribution in [2.45, 2.75) is 13.3 Å². The number of methoxy groups -OCH3 is 1. The molecule has 0 aliphatic carbocycles. The summed E-state index contributed by atoms with van der Waals surface area (Å²) in [5.41, 5.74) is 6.64. The maximum Gasteiger partial charge on any atom is 0.231 e. The van der Waals surface area contributed by atoms with Gasteiger partial charge in [-0.25, -0.2) is 0 Å². The van der Waals surface area contributed by atoms with Crippen LogP contribution in [0.3, 0.4) is 0 Å². The first-order valence-corrected chi connectivity index (χ1v) is 4.75. The van der Waals surface area contributed by atoms with Crippen molar-refractivity contribution in [1.29, 1.82) is 0 Å². The standard InChI is InChI=1S/C11H14N2O3/c1-7(14)5-11(15)13-8-3-4-10(16-2)9(12)6-8/h3-4,6H,5,12H2,1-2H3,(H,13,15). The second-order valence-corrected chi connectivity index (χ2v) is 3.38. The number of rotatable bonds is 4. The first-order chi connectivity index (χ1) is 7.52. The molecular formula is C11H14N2O3. The predicted octanol–water partition coefficient (Wildman–Crippen LogP) is 1.19. The number of hydrogen-bond acceptors (Lipinski definition) is 4. The molecule has 3 N–H and O–H groups in total. The number of ether oxygens (including phenoxy) is 1. The van der Waals surface area contributed by atoms with Crippen molar-refractivity contribution >= 4 is 23.1 Å². The number of nitrogens with two attached hydrogens (primary N) is 1. The third-order valence-corrected chi connectivity index (χ3v) is 1.92. The molecule has 5 heteroatoms. The summed E-state index contributed by atoms with van der Waals surface area (Å²) in [5.74, 6) is 0.0145. The number of Topliss-reactive ketones (excluding diaryl/α,β-unsaturated/α-hetero) is 1. The van der Waals surface area contributed by atoms with Crippen LogP contribution >= 0.6 is 0 Å². The average molecular weight is 222 g/mol. The van der Waals surface area contributed by atoms with Crippen LogP contribution in [0.1, 0.15) is 13.3 Å². The van der Waals surface area contributed by atoms with E-state index >= 15 is 0 Å².